The van der Waals surface area contributed by atoms with Crippen molar-refractivity contribution in [1.82, 2.24) is 5.32 Å². The maximum absolute atomic E-state index is 11.4. The average molecular weight is 247 g/mol. The zero-order valence-corrected chi connectivity index (χ0v) is 11.4. The SMILES string of the molecule is CCCCCCC(NC)C1CCS(=O)(=O)C1. The summed E-state index contributed by atoms with van der Waals surface area (Å²) in [6, 6.07) is 0.397. The minimum atomic E-state index is -2.73. The Balaban J connectivity index is 2.31. The van der Waals surface area contributed by atoms with E-state index in [1.54, 1.807) is 0 Å². The van der Waals surface area contributed by atoms with Crippen LogP contribution in [0.1, 0.15) is 45.4 Å². The van der Waals surface area contributed by atoms with Crippen LogP contribution in [0.2, 0.25) is 0 Å². The van der Waals surface area contributed by atoms with Gasteiger partial charge in [-0.15, -0.1) is 0 Å². The largest absolute Gasteiger partial charge is 0.317 e. The first kappa shape index (κ1) is 14.0. The minimum Gasteiger partial charge on any atom is -0.317 e. The Bertz CT molecular complexity index is 287. The van der Waals surface area contributed by atoms with E-state index >= 15 is 0 Å². The van der Waals surface area contributed by atoms with E-state index < -0.39 is 9.84 Å². The molecule has 2 unspecified atom stereocenters. The van der Waals surface area contributed by atoms with Crippen molar-refractivity contribution in [3.05, 3.63) is 0 Å². The summed E-state index contributed by atoms with van der Waals surface area (Å²) in [4.78, 5) is 0. The molecule has 96 valence electrons. The molecule has 2 atom stereocenters. The van der Waals surface area contributed by atoms with Crippen LogP contribution in [0.3, 0.4) is 0 Å². The Morgan fingerprint density at radius 1 is 1.31 bits per heavy atom. The van der Waals surface area contributed by atoms with Crippen molar-refractivity contribution >= 4 is 9.84 Å². The second kappa shape index (κ2) is 6.60. The first-order valence-corrected chi connectivity index (χ1v) is 8.29. The zero-order chi connectivity index (χ0) is 12.0. The summed E-state index contributed by atoms with van der Waals surface area (Å²) in [5.41, 5.74) is 0. The zero-order valence-electron chi connectivity index (χ0n) is 10.5. The molecular formula is C12H25NO2S. The average Bonchev–Trinajstić information content (AvgIpc) is 2.59. The van der Waals surface area contributed by atoms with Crippen LogP contribution in [-0.2, 0) is 9.84 Å². The van der Waals surface area contributed by atoms with Crippen molar-refractivity contribution in [3.8, 4) is 0 Å². The van der Waals surface area contributed by atoms with Crippen LogP contribution < -0.4 is 5.32 Å². The molecule has 1 fully saturated rings. The standard InChI is InChI=1S/C12H25NO2S/c1-3-4-5-6-7-12(13-2)11-8-9-16(14,15)10-11/h11-13H,3-10H2,1-2H3. The van der Waals surface area contributed by atoms with E-state index in [4.69, 9.17) is 0 Å². The predicted molar refractivity (Wildman–Crippen MR) is 68.4 cm³/mol. The quantitative estimate of drug-likeness (QED) is 0.700. The molecule has 0 spiro atoms. The maximum atomic E-state index is 11.4. The van der Waals surface area contributed by atoms with E-state index in [1.807, 2.05) is 7.05 Å². The first-order chi connectivity index (χ1) is 7.59. The van der Waals surface area contributed by atoms with Crippen LogP contribution in [0.15, 0.2) is 0 Å². The number of rotatable bonds is 7. The second-order valence-electron chi connectivity index (χ2n) is 4.91. The third-order valence-corrected chi connectivity index (χ3v) is 5.37. The summed E-state index contributed by atoms with van der Waals surface area (Å²) in [5, 5.41) is 3.29. The van der Waals surface area contributed by atoms with Crippen molar-refractivity contribution in [2.24, 2.45) is 5.92 Å². The molecule has 0 saturated carbocycles. The monoisotopic (exact) mass is 247 g/mol. The second-order valence-corrected chi connectivity index (χ2v) is 7.14. The number of unbranched alkanes of at least 4 members (excludes halogenated alkanes) is 3. The first-order valence-electron chi connectivity index (χ1n) is 6.46. The molecule has 1 saturated heterocycles. The fourth-order valence-electron chi connectivity index (χ4n) is 2.55. The van der Waals surface area contributed by atoms with Gasteiger partial charge in [0.15, 0.2) is 9.84 Å². The van der Waals surface area contributed by atoms with Gasteiger partial charge in [-0.3, -0.25) is 0 Å². The van der Waals surface area contributed by atoms with E-state index in [1.165, 1.54) is 25.7 Å². The summed E-state index contributed by atoms with van der Waals surface area (Å²) < 4.78 is 22.8. The number of sulfone groups is 1. The third-order valence-electron chi connectivity index (χ3n) is 3.58. The predicted octanol–water partition coefficient (Wildman–Crippen LogP) is 1.98. The molecule has 3 nitrogen and oxygen atoms in total. The molecule has 0 radical (unpaired) electrons. The number of hydrogen-bond acceptors (Lipinski definition) is 3. The van der Waals surface area contributed by atoms with Gasteiger partial charge in [0.2, 0.25) is 0 Å². The smallest absolute Gasteiger partial charge is 0.150 e. The van der Waals surface area contributed by atoms with Gasteiger partial charge in [0.05, 0.1) is 11.5 Å². The highest BCUT2D eigenvalue weighted by molar-refractivity contribution is 7.91. The lowest BCUT2D eigenvalue weighted by Gasteiger charge is -2.21. The van der Waals surface area contributed by atoms with Crippen molar-refractivity contribution in [2.45, 2.75) is 51.5 Å². The molecule has 0 amide bonds. The van der Waals surface area contributed by atoms with Crippen molar-refractivity contribution in [3.63, 3.8) is 0 Å². The summed E-state index contributed by atoms with van der Waals surface area (Å²) in [5.74, 6) is 1.13. The van der Waals surface area contributed by atoms with Gasteiger partial charge >= 0.3 is 0 Å². The van der Waals surface area contributed by atoms with Gasteiger partial charge in [0.1, 0.15) is 0 Å². The molecule has 0 bridgehead atoms. The molecule has 1 aliphatic heterocycles. The van der Waals surface area contributed by atoms with Gasteiger partial charge in [-0.25, -0.2) is 8.42 Å². The number of nitrogens with one attached hydrogen (secondary N) is 1. The van der Waals surface area contributed by atoms with Crippen molar-refractivity contribution in [1.29, 1.82) is 0 Å². The molecule has 1 rings (SSSR count). The lowest BCUT2D eigenvalue weighted by Crippen LogP contribution is -2.34. The Kier molecular flexibility index (Phi) is 5.76. The van der Waals surface area contributed by atoms with E-state index in [2.05, 4.69) is 12.2 Å². The van der Waals surface area contributed by atoms with Crippen molar-refractivity contribution < 1.29 is 8.42 Å². The molecular weight excluding hydrogens is 222 g/mol. The molecule has 1 heterocycles. The van der Waals surface area contributed by atoms with Crippen LogP contribution >= 0.6 is 0 Å². The highest BCUT2D eigenvalue weighted by Gasteiger charge is 2.32. The van der Waals surface area contributed by atoms with Crippen LogP contribution in [0.25, 0.3) is 0 Å². The Morgan fingerprint density at radius 3 is 2.56 bits per heavy atom. The summed E-state index contributed by atoms with van der Waals surface area (Å²) >= 11 is 0. The van der Waals surface area contributed by atoms with Crippen LogP contribution in [0.4, 0.5) is 0 Å². The fraction of sp³-hybridized carbons (Fsp3) is 1.00. The normalized spacial score (nSPS) is 25.8. The van der Waals surface area contributed by atoms with Gasteiger partial charge in [-0.1, -0.05) is 32.6 Å². The maximum Gasteiger partial charge on any atom is 0.150 e. The highest BCUT2D eigenvalue weighted by atomic mass is 32.2. The minimum absolute atomic E-state index is 0.344. The van der Waals surface area contributed by atoms with Crippen LogP contribution in [0, 0.1) is 5.92 Å². The van der Waals surface area contributed by atoms with Gasteiger partial charge in [0, 0.05) is 6.04 Å². The van der Waals surface area contributed by atoms with E-state index in [0.717, 1.165) is 12.8 Å². The molecule has 1 aliphatic rings. The van der Waals surface area contributed by atoms with Gasteiger partial charge in [0.25, 0.3) is 0 Å². The van der Waals surface area contributed by atoms with E-state index in [9.17, 15) is 8.42 Å². The van der Waals surface area contributed by atoms with E-state index in [-0.39, 0.29) is 0 Å². The van der Waals surface area contributed by atoms with Crippen molar-refractivity contribution in [2.75, 3.05) is 18.6 Å². The highest BCUT2D eigenvalue weighted by Crippen LogP contribution is 2.24. The molecule has 0 aromatic carbocycles. The third kappa shape index (κ3) is 4.42. The Morgan fingerprint density at radius 2 is 2.06 bits per heavy atom. The van der Waals surface area contributed by atoms with E-state index in [0.29, 0.717) is 23.5 Å². The molecule has 1 N–H and O–H groups in total. The summed E-state index contributed by atoms with van der Waals surface area (Å²) in [6.45, 7) is 2.21. The lowest BCUT2D eigenvalue weighted by molar-refractivity contribution is 0.370. The Labute approximate surface area is 99.9 Å². The molecule has 0 aromatic heterocycles. The molecule has 4 heteroatoms. The molecule has 16 heavy (non-hydrogen) atoms. The number of hydrogen-bond donors (Lipinski definition) is 1. The lowest BCUT2D eigenvalue weighted by atomic mass is 9.94. The summed E-state index contributed by atoms with van der Waals surface area (Å²) in [6.07, 6.45) is 7.00. The summed E-state index contributed by atoms with van der Waals surface area (Å²) in [7, 11) is -0.772. The molecule has 0 aliphatic carbocycles. The van der Waals surface area contributed by atoms with Gasteiger partial charge in [-0.05, 0) is 25.8 Å². The van der Waals surface area contributed by atoms with Gasteiger partial charge < -0.3 is 5.32 Å². The van der Waals surface area contributed by atoms with Crippen LogP contribution in [0.5, 0.6) is 0 Å². The van der Waals surface area contributed by atoms with Gasteiger partial charge in [-0.2, -0.15) is 0 Å². The Hall–Kier alpha value is -0.0900. The topological polar surface area (TPSA) is 46.2 Å². The fourth-order valence-corrected chi connectivity index (χ4v) is 4.43. The molecule has 0 aromatic rings. The van der Waals surface area contributed by atoms with Crippen LogP contribution in [-0.4, -0.2) is 33.0 Å².